The van der Waals surface area contributed by atoms with Crippen molar-refractivity contribution in [3.05, 3.63) is 0 Å². The molecule has 0 aromatic heterocycles. The number of thioether (sulfide) groups is 1. The molecule has 0 saturated carbocycles. The van der Waals surface area contributed by atoms with Crippen LogP contribution < -0.4 is 5.32 Å². The van der Waals surface area contributed by atoms with Crippen LogP contribution in [0.2, 0.25) is 0 Å². The Bertz CT molecular complexity index is 122. The van der Waals surface area contributed by atoms with Gasteiger partial charge in [-0.1, -0.05) is 0 Å². The molecule has 1 heterocycles. The van der Waals surface area contributed by atoms with Crippen LogP contribution in [-0.2, 0) is 0 Å². The summed E-state index contributed by atoms with van der Waals surface area (Å²) >= 11 is 1.57. The van der Waals surface area contributed by atoms with Gasteiger partial charge in [-0.15, -0.1) is 12.4 Å². The predicted octanol–water partition coefficient (Wildman–Crippen LogP) is 2.07. The van der Waals surface area contributed by atoms with Gasteiger partial charge in [-0.25, -0.2) is 0 Å². The first-order chi connectivity index (χ1) is 5.11. The molecule has 1 nitrogen and oxygen atoms in total. The molecule has 6 heteroatoms. The van der Waals surface area contributed by atoms with E-state index in [1.807, 2.05) is 0 Å². The first kappa shape index (κ1) is 12.4. The third-order valence-electron chi connectivity index (χ3n) is 1.58. The van der Waals surface area contributed by atoms with E-state index in [-0.39, 0.29) is 18.8 Å². The van der Waals surface area contributed by atoms with Crippen molar-refractivity contribution in [2.45, 2.75) is 18.6 Å². The highest BCUT2D eigenvalue weighted by Crippen LogP contribution is 2.25. The summed E-state index contributed by atoms with van der Waals surface area (Å²) in [6.07, 6.45) is -3.86. The minimum Gasteiger partial charge on any atom is -0.305 e. The van der Waals surface area contributed by atoms with Crippen molar-refractivity contribution in [3.63, 3.8) is 0 Å². The van der Waals surface area contributed by atoms with Gasteiger partial charge in [0.05, 0.1) is 0 Å². The number of nitrogens with one attached hydrogen (secondary N) is 1. The van der Waals surface area contributed by atoms with E-state index in [1.165, 1.54) is 0 Å². The van der Waals surface area contributed by atoms with Gasteiger partial charge in [0, 0.05) is 12.3 Å². The highest BCUT2D eigenvalue weighted by molar-refractivity contribution is 7.99. The standard InChI is InChI=1S/C6H10F3NS.ClH/c7-6(8,9)5-1-3-11-4-2-10-5;/h5,10H,1-4H2;1H. The molecule has 0 aromatic rings. The summed E-state index contributed by atoms with van der Waals surface area (Å²) < 4.78 is 36.2. The van der Waals surface area contributed by atoms with E-state index in [1.54, 1.807) is 11.8 Å². The van der Waals surface area contributed by atoms with E-state index in [0.29, 0.717) is 12.3 Å². The highest BCUT2D eigenvalue weighted by Gasteiger charge is 2.39. The number of halogens is 4. The molecule has 1 fully saturated rings. The maximum Gasteiger partial charge on any atom is 0.403 e. The van der Waals surface area contributed by atoms with E-state index in [9.17, 15) is 13.2 Å². The highest BCUT2D eigenvalue weighted by atomic mass is 35.5. The molecule has 0 aliphatic carbocycles. The van der Waals surface area contributed by atoms with Crippen LogP contribution in [0.4, 0.5) is 13.2 Å². The number of hydrogen-bond acceptors (Lipinski definition) is 2. The lowest BCUT2D eigenvalue weighted by molar-refractivity contribution is -0.155. The van der Waals surface area contributed by atoms with Gasteiger partial charge in [-0.3, -0.25) is 0 Å². The summed E-state index contributed by atoms with van der Waals surface area (Å²) in [5.41, 5.74) is 0. The lowest BCUT2D eigenvalue weighted by Crippen LogP contribution is -2.42. The molecular formula is C6H11ClF3NS. The monoisotopic (exact) mass is 221 g/mol. The summed E-state index contributed by atoms with van der Waals surface area (Å²) in [5.74, 6) is 1.39. The van der Waals surface area contributed by atoms with Crippen LogP contribution in [0, 0.1) is 0 Å². The van der Waals surface area contributed by atoms with Gasteiger partial charge in [0.15, 0.2) is 0 Å². The second kappa shape index (κ2) is 5.19. The van der Waals surface area contributed by atoms with Crippen molar-refractivity contribution in [1.29, 1.82) is 0 Å². The average molecular weight is 222 g/mol. The van der Waals surface area contributed by atoms with Gasteiger partial charge in [0.25, 0.3) is 0 Å². The van der Waals surface area contributed by atoms with Crippen LogP contribution in [0.15, 0.2) is 0 Å². The number of rotatable bonds is 0. The molecule has 1 N–H and O–H groups in total. The Morgan fingerprint density at radius 2 is 1.92 bits per heavy atom. The van der Waals surface area contributed by atoms with Crippen LogP contribution in [0.3, 0.4) is 0 Å². The van der Waals surface area contributed by atoms with E-state index in [2.05, 4.69) is 5.32 Å². The first-order valence-corrected chi connectivity index (χ1v) is 4.64. The third-order valence-corrected chi connectivity index (χ3v) is 2.60. The fourth-order valence-corrected chi connectivity index (χ4v) is 1.86. The summed E-state index contributed by atoms with van der Waals surface area (Å²) in [6, 6.07) is -1.28. The predicted molar refractivity (Wildman–Crippen MR) is 47.0 cm³/mol. The van der Waals surface area contributed by atoms with Gasteiger partial charge < -0.3 is 5.32 Å². The fourth-order valence-electron chi connectivity index (χ4n) is 0.990. The summed E-state index contributed by atoms with van der Waals surface area (Å²) in [6.45, 7) is 0.467. The molecule has 0 bridgehead atoms. The van der Waals surface area contributed by atoms with E-state index >= 15 is 0 Å². The molecule has 0 amide bonds. The Labute approximate surface area is 79.9 Å². The molecule has 0 aromatic carbocycles. The molecule has 0 radical (unpaired) electrons. The maximum atomic E-state index is 12.1. The average Bonchev–Trinajstić information content (AvgIpc) is 2.10. The molecule has 1 atom stereocenters. The fraction of sp³-hybridized carbons (Fsp3) is 1.00. The van der Waals surface area contributed by atoms with Gasteiger partial charge in [0.2, 0.25) is 0 Å². The molecule has 1 unspecified atom stereocenters. The van der Waals surface area contributed by atoms with Crippen molar-refractivity contribution in [3.8, 4) is 0 Å². The lowest BCUT2D eigenvalue weighted by Gasteiger charge is -2.18. The van der Waals surface area contributed by atoms with E-state index in [4.69, 9.17) is 0 Å². The summed E-state index contributed by atoms with van der Waals surface area (Å²) in [5, 5.41) is 2.48. The van der Waals surface area contributed by atoms with Crippen LogP contribution >= 0.6 is 24.2 Å². The van der Waals surface area contributed by atoms with Gasteiger partial charge >= 0.3 is 6.18 Å². The molecule has 12 heavy (non-hydrogen) atoms. The zero-order chi connectivity index (χ0) is 8.32. The Hall–Kier alpha value is 0.390. The Morgan fingerprint density at radius 1 is 1.25 bits per heavy atom. The third kappa shape index (κ3) is 3.87. The minimum absolute atomic E-state index is 0. The quantitative estimate of drug-likeness (QED) is 0.672. The topological polar surface area (TPSA) is 12.0 Å². The van der Waals surface area contributed by atoms with Crippen molar-refractivity contribution < 1.29 is 13.2 Å². The molecule has 1 rings (SSSR count). The SMILES string of the molecule is Cl.FC(F)(F)C1CCSCCN1. The Balaban J connectivity index is 0.00000121. The van der Waals surface area contributed by atoms with E-state index < -0.39 is 12.2 Å². The van der Waals surface area contributed by atoms with Crippen molar-refractivity contribution >= 4 is 24.2 Å². The molecule has 1 aliphatic heterocycles. The Morgan fingerprint density at radius 3 is 2.50 bits per heavy atom. The zero-order valence-electron chi connectivity index (χ0n) is 6.36. The molecule has 74 valence electrons. The van der Waals surface area contributed by atoms with Crippen molar-refractivity contribution in [2.24, 2.45) is 0 Å². The smallest absolute Gasteiger partial charge is 0.305 e. The second-order valence-corrected chi connectivity index (χ2v) is 3.67. The summed E-state index contributed by atoms with van der Waals surface area (Å²) in [4.78, 5) is 0. The molecule has 1 aliphatic rings. The largest absolute Gasteiger partial charge is 0.403 e. The van der Waals surface area contributed by atoms with Crippen LogP contribution in [0.25, 0.3) is 0 Å². The van der Waals surface area contributed by atoms with Gasteiger partial charge in [-0.2, -0.15) is 24.9 Å². The van der Waals surface area contributed by atoms with E-state index in [0.717, 1.165) is 5.75 Å². The summed E-state index contributed by atoms with van der Waals surface area (Å²) in [7, 11) is 0. The first-order valence-electron chi connectivity index (χ1n) is 3.48. The van der Waals surface area contributed by atoms with Gasteiger partial charge in [0.1, 0.15) is 6.04 Å². The second-order valence-electron chi connectivity index (χ2n) is 2.45. The zero-order valence-corrected chi connectivity index (χ0v) is 7.99. The molecule has 0 spiro atoms. The lowest BCUT2D eigenvalue weighted by atomic mass is 10.2. The van der Waals surface area contributed by atoms with Crippen molar-refractivity contribution in [1.82, 2.24) is 5.32 Å². The number of hydrogen-bond donors (Lipinski definition) is 1. The molecule has 1 saturated heterocycles. The van der Waals surface area contributed by atoms with Crippen LogP contribution in [0.1, 0.15) is 6.42 Å². The normalized spacial score (nSPS) is 25.8. The van der Waals surface area contributed by atoms with Crippen LogP contribution in [-0.4, -0.2) is 30.3 Å². The molecular weight excluding hydrogens is 211 g/mol. The Kier molecular flexibility index (Phi) is 5.36. The minimum atomic E-state index is -4.06. The van der Waals surface area contributed by atoms with Crippen LogP contribution in [0.5, 0.6) is 0 Å². The number of alkyl halides is 3. The van der Waals surface area contributed by atoms with Gasteiger partial charge in [-0.05, 0) is 12.2 Å². The van der Waals surface area contributed by atoms with Crippen molar-refractivity contribution in [2.75, 3.05) is 18.1 Å². The maximum absolute atomic E-state index is 12.1.